The van der Waals surface area contributed by atoms with Gasteiger partial charge in [0.05, 0.1) is 6.21 Å². The van der Waals surface area contributed by atoms with E-state index in [9.17, 15) is 0 Å². The summed E-state index contributed by atoms with van der Waals surface area (Å²) < 4.78 is 3.06. The quantitative estimate of drug-likeness (QED) is 0.364. The molecular weight excluding hydrogens is 396 g/mol. The summed E-state index contributed by atoms with van der Waals surface area (Å²) in [5, 5.41) is 14.0. The molecule has 0 aliphatic rings. The molecule has 1 N–H and O–H groups in total. The van der Waals surface area contributed by atoms with Crippen molar-refractivity contribution < 1.29 is 0 Å². The zero-order chi connectivity index (χ0) is 17.2. The van der Waals surface area contributed by atoms with Crippen LogP contribution in [0.2, 0.25) is 0 Å². The van der Waals surface area contributed by atoms with Crippen LogP contribution >= 0.6 is 28.1 Å². The van der Waals surface area contributed by atoms with Gasteiger partial charge in [0.25, 0.3) is 0 Å². The predicted octanol–water partition coefficient (Wildman–Crippen LogP) is 5.41. The smallest absolute Gasteiger partial charge is 0.216 e. The highest BCUT2D eigenvalue weighted by Crippen LogP contribution is 2.22. The predicted molar refractivity (Wildman–Crippen MR) is 107 cm³/mol. The van der Waals surface area contributed by atoms with Crippen LogP contribution < -0.4 is 0 Å². The van der Waals surface area contributed by atoms with Crippen molar-refractivity contribution in [3.8, 4) is 11.4 Å². The fourth-order valence-electron chi connectivity index (χ4n) is 2.70. The topological polar surface area (TPSA) is 46.0 Å². The first-order chi connectivity index (χ1) is 12.2. The van der Waals surface area contributed by atoms with Crippen molar-refractivity contribution in [2.24, 2.45) is 5.10 Å². The average molecular weight is 409 g/mol. The summed E-state index contributed by atoms with van der Waals surface area (Å²) in [4.78, 5) is 0. The third-order valence-corrected chi connectivity index (χ3v) is 4.63. The summed E-state index contributed by atoms with van der Waals surface area (Å²) in [6, 6.07) is 22.2. The number of halogens is 1. The molecule has 0 saturated heterocycles. The van der Waals surface area contributed by atoms with Crippen molar-refractivity contribution in [2.45, 2.75) is 0 Å². The molecule has 0 spiro atoms. The van der Waals surface area contributed by atoms with E-state index in [0.29, 0.717) is 10.6 Å². The lowest BCUT2D eigenvalue weighted by Gasteiger charge is -2.03. The Bertz CT molecular complexity index is 1140. The summed E-state index contributed by atoms with van der Waals surface area (Å²) in [7, 11) is 0. The zero-order valence-corrected chi connectivity index (χ0v) is 15.5. The van der Waals surface area contributed by atoms with E-state index >= 15 is 0 Å². The highest BCUT2D eigenvalue weighted by Gasteiger charge is 2.08. The van der Waals surface area contributed by atoms with Gasteiger partial charge in [0.15, 0.2) is 5.82 Å². The van der Waals surface area contributed by atoms with Gasteiger partial charge in [-0.2, -0.15) is 14.9 Å². The van der Waals surface area contributed by atoms with E-state index in [1.807, 2.05) is 54.7 Å². The Hall–Kier alpha value is -2.57. The molecule has 0 aliphatic carbocycles. The molecule has 6 heteroatoms. The van der Waals surface area contributed by atoms with Gasteiger partial charge in [0.2, 0.25) is 4.77 Å². The molecule has 0 unspecified atom stereocenters. The molecule has 4 aromatic rings. The maximum atomic E-state index is 5.34. The van der Waals surface area contributed by atoms with Gasteiger partial charge < -0.3 is 0 Å². The van der Waals surface area contributed by atoms with Gasteiger partial charge in [-0.1, -0.05) is 70.5 Å². The molecule has 0 radical (unpaired) electrons. The zero-order valence-electron chi connectivity index (χ0n) is 13.1. The standard InChI is InChI=1S/C19H13BrN4S/c20-16-9-4-7-14(11-16)18-22-23-19(25)24(18)21-12-15-8-3-6-13-5-1-2-10-17(13)15/h1-12H,(H,23,25)/b21-12-. The van der Waals surface area contributed by atoms with E-state index in [1.165, 1.54) is 5.39 Å². The molecule has 122 valence electrons. The molecule has 3 aromatic carbocycles. The van der Waals surface area contributed by atoms with Gasteiger partial charge in [-0.05, 0) is 35.1 Å². The van der Waals surface area contributed by atoms with Gasteiger partial charge in [-0.15, -0.1) is 0 Å². The molecule has 25 heavy (non-hydrogen) atoms. The average Bonchev–Trinajstić information content (AvgIpc) is 3.00. The van der Waals surface area contributed by atoms with Crippen LogP contribution in [0, 0.1) is 4.77 Å². The second kappa shape index (κ2) is 6.74. The highest BCUT2D eigenvalue weighted by molar-refractivity contribution is 9.10. The second-order valence-electron chi connectivity index (χ2n) is 5.49. The fraction of sp³-hybridized carbons (Fsp3) is 0. The summed E-state index contributed by atoms with van der Waals surface area (Å²) in [5.41, 5.74) is 1.96. The van der Waals surface area contributed by atoms with Gasteiger partial charge >= 0.3 is 0 Å². The number of nitrogens with zero attached hydrogens (tertiary/aromatic N) is 3. The number of H-pyrrole nitrogens is 1. The Labute approximate surface area is 158 Å². The van der Waals surface area contributed by atoms with E-state index in [-0.39, 0.29) is 0 Å². The van der Waals surface area contributed by atoms with Crippen LogP contribution in [-0.4, -0.2) is 21.1 Å². The molecule has 4 nitrogen and oxygen atoms in total. The lowest BCUT2D eigenvalue weighted by molar-refractivity contribution is 0.872. The third-order valence-electron chi connectivity index (χ3n) is 3.87. The van der Waals surface area contributed by atoms with Crippen molar-refractivity contribution >= 4 is 45.1 Å². The maximum Gasteiger partial charge on any atom is 0.216 e. The van der Waals surface area contributed by atoms with Gasteiger partial charge in [-0.3, -0.25) is 0 Å². The van der Waals surface area contributed by atoms with Gasteiger partial charge in [-0.25, -0.2) is 5.10 Å². The largest absolute Gasteiger partial charge is 0.250 e. The second-order valence-corrected chi connectivity index (χ2v) is 6.79. The number of hydrogen-bond acceptors (Lipinski definition) is 3. The monoisotopic (exact) mass is 408 g/mol. The lowest BCUT2D eigenvalue weighted by Crippen LogP contribution is -1.95. The Morgan fingerprint density at radius 3 is 2.72 bits per heavy atom. The number of fused-ring (bicyclic) bond motifs is 1. The minimum Gasteiger partial charge on any atom is -0.250 e. The summed E-state index contributed by atoms with van der Waals surface area (Å²) in [6.45, 7) is 0. The number of hydrogen-bond donors (Lipinski definition) is 1. The van der Waals surface area contributed by atoms with Crippen LogP contribution in [-0.2, 0) is 0 Å². The molecule has 4 rings (SSSR count). The lowest BCUT2D eigenvalue weighted by atomic mass is 10.1. The number of rotatable bonds is 3. The first kappa shape index (κ1) is 15.9. The number of nitrogens with one attached hydrogen (secondary N) is 1. The van der Waals surface area contributed by atoms with Crippen molar-refractivity contribution in [3.05, 3.63) is 81.5 Å². The third kappa shape index (κ3) is 3.18. The Morgan fingerprint density at radius 1 is 1.04 bits per heavy atom. The van der Waals surface area contributed by atoms with E-state index in [2.05, 4.69) is 49.4 Å². The molecular formula is C19H13BrN4S. The minimum absolute atomic E-state index is 0.450. The van der Waals surface area contributed by atoms with Crippen LogP contribution in [0.1, 0.15) is 5.56 Å². The molecule has 0 bridgehead atoms. The fourth-order valence-corrected chi connectivity index (χ4v) is 3.27. The Kier molecular flexibility index (Phi) is 4.29. The van der Waals surface area contributed by atoms with Crippen molar-refractivity contribution in [2.75, 3.05) is 0 Å². The van der Waals surface area contributed by atoms with Crippen molar-refractivity contribution in [3.63, 3.8) is 0 Å². The molecule has 0 amide bonds. The Morgan fingerprint density at radius 2 is 1.84 bits per heavy atom. The maximum absolute atomic E-state index is 5.34. The highest BCUT2D eigenvalue weighted by atomic mass is 79.9. The van der Waals surface area contributed by atoms with E-state index in [1.54, 1.807) is 4.68 Å². The van der Waals surface area contributed by atoms with Crippen molar-refractivity contribution in [1.29, 1.82) is 0 Å². The number of aromatic amines is 1. The molecule has 1 heterocycles. The summed E-state index contributed by atoms with van der Waals surface area (Å²) in [6.07, 6.45) is 1.81. The molecule has 1 aromatic heterocycles. The van der Waals surface area contributed by atoms with Crippen LogP contribution in [0.4, 0.5) is 0 Å². The molecule has 0 saturated carbocycles. The van der Waals surface area contributed by atoms with Gasteiger partial charge in [0, 0.05) is 15.6 Å². The van der Waals surface area contributed by atoms with Crippen molar-refractivity contribution in [1.82, 2.24) is 14.9 Å². The summed E-state index contributed by atoms with van der Waals surface area (Å²) >= 11 is 8.82. The molecule has 0 aliphatic heterocycles. The molecule has 0 atom stereocenters. The number of aromatic nitrogens is 3. The van der Waals surface area contributed by atoms with Crippen LogP contribution in [0.25, 0.3) is 22.2 Å². The van der Waals surface area contributed by atoms with E-state index < -0.39 is 0 Å². The SMILES string of the molecule is S=c1[nH]nc(-c2cccc(Br)c2)n1/N=C\c1cccc2ccccc12. The van der Waals surface area contributed by atoms with E-state index in [4.69, 9.17) is 12.2 Å². The van der Waals surface area contributed by atoms with Crippen LogP contribution in [0.3, 0.4) is 0 Å². The summed E-state index contributed by atoms with van der Waals surface area (Å²) in [5.74, 6) is 0.669. The Balaban J connectivity index is 1.80. The normalized spacial score (nSPS) is 11.4. The van der Waals surface area contributed by atoms with E-state index in [0.717, 1.165) is 21.0 Å². The van der Waals surface area contributed by atoms with Crippen LogP contribution in [0.15, 0.2) is 76.3 Å². The van der Waals surface area contributed by atoms with Crippen LogP contribution in [0.5, 0.6) is 0 Å². The van der Waals surface area contributed by atoms with Gasteiger partial charge in [0.1, 0.15) is 0 Å². The molecule has 0 fully saturated rings. The minimum atomic E-state index is 0.450. The number of benzene rings is 3. The first-order valence-corrected chi connectivity index (χ1v) is 8.88. The first-order valence-electron chi connectivity index (χ1n) is 7.68.